The van der Waals surface area contributed by atoms with Gasteiger partial charge in [-0.3, -0.25) is 19.2 Å². The minimum atomic E-state index is -0.608. The van der Waals surface area contributed by atoms with Gasteiger partial charge in [0.25, 0.3) is 22.2 Å². The first kappa shape index (κ1) is 44.1. The van der Waals surface area contributed by atoms with Crippen molar-refractivity contribution in [3.05, 3.63) is 284 Å². The third kappa shape index (κ3) is 5.85. The molecule has 10 heteroatoms. The maximum absolute atomic E-state index is 15.7. The fourth-order valence-corrected chi connectivity index (χ4v) is 13.3. The molecule has 0 aliphatic heterocycles. The third-order valence-electron chi connectivity index (χ3n) is 16.6. The summed E-state index contributed by atoms with van der Waals surface area (Å²) >= 11 is 0. The van der Waals surface area contributed by atoms with Gasteiger partial charge in [0.15, 0.2) is 0 Å². The molecule has 0 radical (unpaired) electrons. The van der Waals surface area contributed by atoms with Gasteiger partial charge in [-0.2, -0.15) is 0 Å². The van der Waals surface area contributed by atoms with E-state index in [2.05, 4.69) is 97.1 Å². The number of benzene rings is 11. The van der Waals surface area contributed by atoms with Gasteiger partial charge < -0.3 is 18.3 Å². The molecule has 10 nitrogen and oxygen atoms in total. The molecule has 17 rings (SSSR count). The molecule has 0 amide bonds. The minimum Gasteiger partial charge on any atom is -0.309 e. The van der Waals surface area contributed by atoms with Gasteiger partial charge in [0.2, 0.25) is 0 Å². The predicted octanol–water partition coefficient (Wildman–Crippen LogP) is 14.3. The van der Waals surface area contributed by atoms with Gasteiger partial charge in [0.1, 0.15) is 5.69 Å². The van der Waals surface area contributed by atoms with Gasteiger partial charge in [-0.15, -0.1) is 0 Å². The van der Waals surface area contributed by atoms with Crippen molar-refractivity contribution in [2.45, 2.75) is 0 Å². The van der Waals surface area contributed by atoms with E-state index in [9.17, 15) is 0 Å². The molecule has 0 atom stereocenters. The Morgan fingerprint density at radius 1 is 0.188 bits per heavy atom. The molecule has 0 N–H and O–H groups in total. The highest BCUT2D eigenvalue weighted by Crippen LogP contribution is 2.41. The van der Waals surface area contributed by atoms with Crippen LogP contribution < -0.4 is 22.2 Å². The topological polar surface area (TPSA) is 97.9 Å². The van der Waals surface area contributed by atoms with Gasteiger partial charge in [-0.05, 0) is 91.0 Å². The van der Waals surface area contributed by atoms with Gasteiger partial charge in [0.05, 0.1) is 94.1 Å². The van der Waals surface area contributed by atoms with Gasteiger partial charge in [0, 0.05) is 43.1 Å². The summed E-state index contributed by atoms with van der Waals surface area (Å²) < 4.78 is 11.0. The second-order valence-electron chi connectivity index (χ2n) is 20.7. The molecule has 0 aliphatic carbocycles. The number of rotatable bonds is 6. The van der Waals surface area contributed by atoms with Crippen molar-refractivity contribution < 1.29 is 0 Å². The summed E-state index contributed by atoms with van der Waals surface area (Å²) in [5.41, 5.74) is 8.35. The molecule has 0 unspecified atom stereocenters. The zero-order chi connectivity index (χ0) is 53.1. The molecule has 11 aromatic carbocycles. The number of nitrogens with zero attached hydrogens (tertiary/aromatic N) is 6. The molecular formula is C70H40N6O4. The van der Waals surface area contributed by atoms with E-state index in [0.29, 0.717) is 22.7 Å². The second-order valence-corrected chi connectivity index (χ2v) is 20.7. The average Bonchev–Trinajstić information content (AvgIpc) is 4.43. The lowest BCUT2D eigenvalue weighted by Crippen LogP contribution is -2.26. The van der Waals surface area contributed by atoms with E-state index in [0.717, 1.165) is 98.6 Å². The molecule has 0 spiro atoms. The molecule has 6 heterocycles. The highest BCUT2D eigenvalue weighted by atomic mass is 16.2. The zero-order valence-corrected chi connectivity index (χ0v) is 42.4. The van der Waals surface area contributed by atoms with Crippen molar-refractivity contribution in [2.75, 3.05) is 0 Å². The van der Waals surface area contributed by atoms with Crippen molar-refractivity contribution >= 4 is 109 Å². The van der Waals surface area contributed by atoms with Gasteiger partial charge >= 0.3 is 0 Å². The van der Waals surface area contributed by atoms with Crippen LogP contribution in [0, 0.1) is 0 Å². The number of aromatic nitrogens is 6. The Hall–Kier alpha value is -11.1. The lowest BCUT2D eigenvalue weighted by Gasteiger charge is -2.19. The summed E-state index contributed by atoms with van der Waals surface area (Å²) in [4.78, 5) is 62.2. The van der Waals surface area contributed by atoms with Gasteiger partial charge in [-0.1, -0.05) is 152 Å². The summed E-state index contributed by atoms with van der Waals surface area (Å²) in [7, 11) is 0. The number of hydrogen-bond acceptors (Lipinski definition) is 4. The Kier molecular flexibility index (Phi) is 8.93. The van der Waals surface area contributed by atoms with Crippen molar-refractivity contribution in [2.24, 2.45) is 0 Å². The van der Waals surface area contributed by atoms with Crippen LogP contribution >= 0.6 is 0 Å². The summed E-state index contributed by atoms with van der Waals surface area (Å²) in [6, 6.07) is 80.0. The molecule has 0 saturated heterocycles. The largest absolute Gasteiger partial charge is 0.309 e. The Balaban J connectivity index is 0.938. The van der Waals surface area contributed by atoms with Crippen LogP contribution in [0.25, 0.3) is 143 Å². The van der Waals surface area contributed by atoms with Crippen molar-refractivity contribution in [3.8, 4) is 34.1 Å². The molecule has 17 aromatic rings. The Labute approximate surface area is 452 Å². The minimum absolute atomic E-state index is 0.0342. The maximum atomic E-state index is 15.7. The fourth-order valence-electron chi connectivity index (χ4n) is 13.3. The third-order valence-corrected chi connectivity index (χ3v) is 16.6. The van der Waals surface area contributed by atoms with Crippen LogP contribution in [0.15, 0.2) is 262 Å². The van der Waals surface area contributed by atoms with Crippen molar-refractivity contribution in [1.82, 2.24) is 27.4 Å². The first-order valence-corrected chi connectivity index (χ1v) is 26.6. The number of para-hydroxylation sites is 9. The second kappa shape index (κ2) is 16.2. The molecule has 0 saturated carbocycles. The SMILES string of the molecule is O=c1c2cc3c(=O)n(-c4c(-n5c6ccccc6c6ccccc65)cccc4-n4c5ccccc5c5ccccc54)c(=O)c3cc2c(=O)n1-c1cc(-n2c3ccccc3c3ccccc32)cc(-n2c3ccccc3c3ccccc32)c1. The van der Waals surface area contributed by atoms with E-state index in [-0.39, 0.29) is 21.5 Å². The van der Waals surface area contributed by atoms with Crippen molar-refractivity contribution in [3.63, 3.8) is 0 Å². The fraction of sp³-hybridized carbons (Fsp3) is 0. The summed E-state index contributed by atoms with van der Waals surface area (Å²) in [6.45, 7) is 0. The van der Waals surface area contributed by atoms with Crippen LogP contribution in [0.5, 0.6) is 0 Å². The standard InChI is InChI=1S/C70H40N6O4/c77-67-52-39-54-55(70(80)76(69(54)79)66-64(74-60-30-13-5-22-48(60)49-23-6-14-31-61(49)74)34-17-35-65(66)75-62-32-15-7-24-50(62)51-25-8-16-33-63(51)75)40-53(52)68(78)73(67)43-37-41(71-56-26-9-1-18-44(56)45-19-2-10-27-57(45)71)36-42(38-43)72-58-28-11-3-20-46(58)47-21-4-12-29-59(47)72/h1-40H. The molecular weight excluding hydrogens is 989 g/mol. The number of fused-ring (bicyclic) bond motifs is 14. The maximum Gasteiger partial charge on any atom is 0.266 e. The monoisotopic (exact) mass is 1030 g/mol. The lowest BCUT2D eigenvalue weighted by atomic mass is 10.1. The van der Waals surface area contributed by atoms with E-state index in [1.807, 2.05) is 152 Å². The highest BCUT2D eigenvalue weighted by molar-refractivity contribution is 6.13. The smallest absolute Gasteiger partial charge is 0.266 e. The van der Waals surface area contributed by atoms with E-state index in [4.69, 9.17) is 0 Å². The van der Waals surface area contributed by atoms with E-state index in [1.54, 1.807) is 0 Å². The molecule has 6 aromatic heterocycles. The highest BCUT2D eigenvalue weighted by Gasteiger charge is 2.28. The zero-order valence-electron chi connectivity index (χ0n) is 42.4. The van der Waals surface area contributed by atoms with E-state index in [1.165, 1.54) is 21.3 Å². The number of hydrogen-bond donors (Lipinski definition) is 0. The molecule has 0 aliphatic rings. The lowest BCUT2D eigenvalue weighted by molar-refractivity contribution is 0.948. The molecule has 80 heavy (non-hydrogen) atoms. The summed E-state index contributed by atoms with van der Waals surface area (Å²) in [5.74, 6) is 0. The van der Waals surface area contributed by atoms with Crippen LogP contribution in [-0.2, 0) is 0 Å². The Bertz CT molecular complexity index is 5240. The van der Waals surface area contributed by atoms with Gasteiger partial charge in [-0.25, -0.2) is 9.13 Å². The summed E-state index contributed by atoms with van der Waals surface area (Å²) in [5, 5.41) is 8.44. The van der Waals surface area contributed by atoms with Crippen LogP contribution in [0.4, 0.5) is 0 Å². The summed E-state index contributed by atoms with van der Waals surface area (Å²) in [6.07, 6.45) is 0. The van der Waals surface area contributed by atoms with Crippen LogP contribution in [-0.4, -0.2) is 27.4 Å². The van der Waals surface area contributed by atoms with Crippen LogP contribution in [0.3, 0.4) is 0 Å². The molecule has 374 valence electrons. The normalized spacial score (nSPS) is 12.2. The first-order chi connectivity index (χ1) is 39.4. The van der Waals surface area contributed by atoms with Crippen molar-refractivity contribution in [1.29, 1.82) is 0 Å². The molecule has 0 fully saturated rings. The average molecular weight is 1030 g/mol. The molecule has 0 bridgehead atoms. The quantitative estimate of drug-likeness (QED) is 0.166. The van der Waals surface area contributed by atoms with E-state index >= 15 is 19.2 Å². The van der Waals surface area contributed by atoms with Crippen LogP contribution in [0.1, 0.15) is 0 Å². The predicted molar refractivity (Wildman–Crippen MR) is 325 cm³/mol. The Morgan fingerprint density at radius 3 is 0.688 bits per heavy atom. The first-order valence-electron chi connectivity index (χ1n) is 26.6. The van der Waals surface area contributed by atoms with E-state index < -0.39 is 22.2 Å². The Morgan fingerprint density at radius 2 is 0.412 bits per heavy atom. The van der Waals surface area contributed by atoms with Crippen LogP contribution in [0.2, 0.25) is 0 Å².